The SMILES string of the molecule is CCCCOc1ccc([B]c2ccc(OCCCC)cc2)cc1. The van der Waals surface area contributed by atoms with Gasteiger partial charge in [0, 0.05) is 0 Å². The van der Waals surface area contributed by atoms with Gasteiger partial charge in [0.25, 0.3) is 0 Å². The molecular weight excluding hydrogens is 283 g/mol. The largest absolute Gasteiger partial charge is 0.494 e. The lowest BCUT2D eigenvalue weighted by Gasteiger charge is -2.08. The van der Waals surface area contributed by atoms with Gasteiger partial charge in [-0.15, -0.1) is 0 Å². The molecule has 0 saturated heterocycles. The molecule has 2 aromatic rings. The second-order valence-corrected chi connectivity index (χ2v) is 5.69. The summed E-state index contributed by atoms with van der Waals surface area (Å²) in [5.41, 5.74) is 2.35. The minimum Gasteiger partial charge on any atom is -0.494 e. The van der Waals surface area contributed by atoms with Crippen molar-refractivity contribution in [2.24, 2.45) is 0 Å². The molecule has 121 valence electrons. The van der Waals surface area contributed by atoms with Crippen LogP contribution >= 0.6 is 0 Å². The quantitative estimate of drug-likeness (QED) is 0.492. The minimum absolute atomic E-state index is 0.791. The lowest BCUT2D eigenvalue weighted by atomic mass is 9.64. The Balaban J connectivity index is 1.84. The third-order valence-corrected chi connectivity index (χ3v) is 3.63. The number of hydrogen-bond acceptors (Lipinski definition) is 2. The highest BCUT2D eigenvalue weighted by Gasteiger charge is 2.01. The summed E-state index contributed by atoms with van der Waals surface area (Å²) in [5.74, 6) is 1.88. The zero-order chi connectivity index (χ0) is 16.3. The summed E-state index contributed by atoms with van der Waals surface area (Å²) in [7, 11) is 2.16. The summed E-state index contributed by atoms with van der Waals surface area (Å²) >= 11 is 0. The number of hydrogen-bond donors (Lipinski definition) is 0. The first-order valence-electron chi connectivity index (χ1n) is 8.62. The van der Waals surface area contributed by atoms with Crippen molar-refractivity contribution in [1.82, 2.24) is 0 Å². The molecule has 0 amide bonds. The third kappa shape index (κ3) is 6.39. The molecule has 0 aliphatic rings. The molecule has 0 aliphatic heterocycles. The van der Waals surface area contributed by atoms with Crippen molar-refractivity contribution in [3.05, 3.63) is 48.5 Å². The standard InChI is InChI=1S/C20H26BO2/c1-3-5-15-22-19-11-7-17(8-12-19)21-18-9-13-20(14-10-18)23-16-6-4-2/h7-14H,3-6,15-16H2,1-2H3. The fourth-order valence-corrected chi connectivity index (χ4v) is 2.18. The van der Waals surface area contributed by atoms with Gasteiger partial charge in [-0.1, -0.05) is 61.9 Å². The van der Waals surface area contributed by atoms with Gasteiger partial charge >= 0.3 is 0 Å². The molecule has 1 radical (unpaired) electrons. The highest BCUT2D eigenvalue weighted by molar-refractivity contribution is 6.67. The first-order chi connectivity index (χ1) is 11.3. The number of unbranched alkanes of at least 4 members (excludes halogenated alkanes) is 2. The molecule has 0 spiro atoms. The van der Waals surface area contributed by atoms with E-state index in [1.807, 2.05) is 24.3 Å². The van der Waals surface area contributed by atoms with Crippen LogP contribution in [0.2, 0.25) is 0 Å². The Morgan fingerprint density at radius 2 is 1.04 bits per heavy atom. The smallest absolute Gasteiger partial charge is 0.191 e. The Labute approximate surface area is 141 Å². The Bertz CT molecular complexity index is 497. The van der Waals surface area contributed by atoms with Crippen LogP contribution in [0.5, 0.6) is 11.5 Å². The Morgan fingerprint density at radius 1 is 0.652 bits per heavy atom. The van der Waals surface area contributed by atoms with Crippen LogP contribution in [-0.2, 0) is 0 Å². The summed E-state index contributed by atoms with van der Waals surface area (Å²) in [5, 5.41) is 0. The van der Waals surface area contributed by atoms with Crippen molar-refractivity contribution in [2.75, 3.05) is 13.2 Å². The van der Waals surface area contributed by atoms with Crippen molar-refractivity contribution in [3.63, 3.8) is 0 Å². The average molecular weight is 309 g/mol. The van der Waals surface area contributed by atoms with Crippen LogP contribution in [0.15, 0.2) is 48.5 Å². The van der Waals surface area contributed by atoms with Crippen molar-refractivity contribution in [2.45, 2.75) is 39.5 Å². The van der Waals surface area contributed by atoms with E-state index in [-0.39, 0.29) is 0 Å². The van der Waals surface area contributed by atoms with Crippen molar-refractivity contribution in [3.8, 4) is 11.5 Å². The van der Waals surface area contributed by atoms with Gasteiger partial charge in [-0.25, -0.2) is 0 Å². The van der Waals surface area contributed by atoms with E-state index >= 15 is 0 Å². The van der Waals surface area contributed by atoms with Crippen LogP contribution in [0.1, 0.15) is 39.5 Å². The predicted octanol–water partition coefficient (Wildman–Crippen LogP) is 3.70. The van der Waals surface area contributed by atoms with E-state index < -0.39 is 0 Å². The summed E-state index contributed by atoms with van der Waals surface area (Å²) in [6.07, 6.45) is 4.51. The van der Waals surface area contributed by atoms with Gasteiger partial charge in [0.2, 0.25) is 0 Å². The van der Waals surface area contributed by atoms with Gasteiger partial charge < -0.3 is 9.47 Å². The molecule has 23 heavy (non-hydrogen) atoms. The Hall–Kier alpha value is -1.90. The van der Waals surface area contributed by atoms with Gasteiger partial charge in [0.05, 0.1) is 13.2 Å². The summed E-state index contributed by atoms with van der Waals surface area (Å²) in [6, 6.07) is 16.5. The zero-order valence-corrected chi connectivity index (χ0v) is 14.3. The van der Waals surface area contributed by atoms with Crippen LogP contribution in [0.3, 0.4) is 0 Å². The molecule has 2 aromatic carbocycles. The predicted molar refractivity (Wildman–Crippen MR) is 98.7 cm³/mol. The highest BCUT2D eigenvalue weighted by Crippen LogP contribution is 2.09. The van der Waals surface area contributed by atoms with E-state index in [0.717, 1.165) is 50.4 Å². The van der Waals surface area contributed by atoms with Gasteiger partial charge in [0.15, 0.2) is 7.28 Å². The average Bonchev–Trinajstić information content (AvgIpc) is 2.58. The topological polar surface area (TPSA) is 18.5 Å². The van der Waals surface area contributed by atoms with Crippen LogP contribution in [0.4, 0.5) is 0 Å². The van der Waals surface area contributed by atoms with E-state index in [1.54, 1.807) is 0 Å². The molecule has 0 heterocycles. The van der Waals surface area contributed by atoms with E-state index in [1.165, 1.54) is 10.9 Å². The first-order valence-corrected chi connectivity index (χ1v) is 8.62. The second kappa shape index (κ2) is 9.99. The Morgan fingerprint density at radius 3 is 1.39 bits per heavy atom. The maximum atomic E-state index is 5.68. The molecule has 2 rings (SSSR count). The van der Waals surface area contributed by atoms with E-state index in [4.69, 9.17) is 9.47 Å². The number of benzene rings is 2. The highest BCUT2D eigenvalue weighted by atomic mass is 16.5. The van der Waals surface area contributed by atoms with Gasteiger partial charge in [-0.2, -0.15) is 0 Å². The molecule has 0 fully saturated rings. The normalized spacial score (nSPS) is 10.3. The molecule has 3 heteroatoms. The van der Waals surface area contributed by atoms with Crippen molar-refractivity contribution >= 4 is 18.2 Å². The summed E-state index contributed by atoms with van der Waals surface area (Å²) < 4.78 is 11.4. The second-order valence-electron chi connectivity index (χ2n) is 5.69. The van der Waals surface area contributed by atoms with Gasteiger partial charge in [-0.05, 0) is 37.1 Å². The molecule has 0 aliphatic carbocycles. The zero-order valence-electron chi connectivity index (χ0n) is 14.3. The molecule has 0 saturated carbocycles. The van der Waals surface area contributed by atoms with Gasteiger partial charge in [-0.3, -0.25) is 0 Å². The van der Waals surface area contributed by atoms with Crippen LogP contribution in [0, 0.1) is 0 Å². The van der Waals surface area contributed by atoms with Crippen LogP contribution < -0.4 is 20.4 Å². The molecule has 0 aromatic heterocycles. The monoisotopic (exact) mass is 309 g/mol. The number of ether oxygens (including phenoxy) is 2. The summed E-state index contributed by atoms with van der Waals surface area (Å²) in [4.78, 5) is 0. The maximum absolute atomic E-state index is 5.68. The number of rotatable bonds is 10. The molecular formula is C20H26BO2. The molecule has 0 unspecified atom stereocenters. The fraction of sp³-hybridized carbons (Fsp3) is 0.400. The van der Waals surface area contributed by atoms with Crippen LogP contribution in [0.25, 0.3) is 0 Å². The fourth-order valence-electron chi connectivity index (χ4n) is 2.18. The Kier molecular flexibility index (Phi) is 7.58. The minimum atomic E-state index is 0.791. The van der Waals surface area contributed by atoms with E-state index in [0.29, 0.717) is 0 Å². The summed E-state index contributed by atoms with van der Waals surface area (Å²) in [6.45, 7) is 5.92. The molecule has 0 N–H and O–H groups in total. The van der Waals surface area contributed by atoms with Crippen LogP contribution in [-0.4, -0.2) is 20.5 Å². The lowest BCUT2D eigenvalue weighted by Crippen LogP contribution is -2.26. The van der Waals surface area contributed by atoms with Crippen molar-refractivity contribution < 1.29 is 9.47 Å². The van der Waals surface area contributed by atoms with Gasteiger partial charge in [0.1, 0.15) is 11.5 Å². The van der Waals surface area contributed by atoms with Crippen molar-refractivity contribution in [1.29, 1.82) is 0 Å². The molecule has 0 bridgehead atoms. The van der Waals surface area contributed by atoms with E-state index in [9.17, 15) is 0 Å². The maximum Gasteiger partial charge on any atom is 0.191 e. The molecule has 2 nitrogen and oxygen atoms in total. The third-order valence-electron chi connectivity index (χ3n) is 3.63. The first kappa shape index (κ1) is 17.5. The van der Waals surface area contributed by atoms with E-state index in [2.05, 4.69) is 45.4 Å². The lowest BCUT2D eigenvalue weighted by molar-refractivity contribution is 0.309. The molecule has 0 atom stereocenters.